The van der Waals surface area contributed by atoms with E-state index in [-0.39, 0.29) is 18.3 Å². The van der Waals surface area contributed by atoms with E-state index in [4.69, 9.17) is 22.6 Å². The molecule has 1 rings (SSSR count). The second kappa shape index (κ2) is 6.79. The first-order valence-electron chi connectivity index (χ1n) is 5.12. The van der Waals surface area contributed by atoms with Gasteiger partial charge in [0.15, 0.2) is 0 Å². The quantitative estimate of drug-likeness (QED) is 0.320. The summed E-state index contributed by atoms with van der Waals surface area (Å²) in [5, 5.41) is 14.2. The molecule has 0 spiro atoms. The van der Waals surface area contributed by atoms with Crippen LogP contribution in [-0.4, -0.2) is 30.8 Å². The van der Waals surface area contributed by atoms with E-state index in [9.17, 15) is 0 Å². The Kier molecular flexibility index (Phi) is 5.04. The summed E-state index contributed by atoms with van der Waals surface area (Å²) in [5.74, 6) is -0.0496. The van der Waals surface area contributed by atoms with Gasteiger partial charge < -0.3 is 17.2 Å². The van der Waals surface area contributed by atoms with Crippen molar-refractivity contribution >= 4 is 24.2 Å². The summed E-state index contributed by atoms with van der Waals surface area (Å²) in [7, 11) is 0. The standard InChI is InChI=1S/C11H15N7/c12-10(13)7-16-5-8-1-3-9(4-2-8)6-17-18-11(14)15/h1-6H,7H2,(H3,12,13)(H4,14,15,18)/b16-5?,17-6+. The maximum atomic E-state index is 7.02. The molecule has 0 amide bonds. The van der Waals surface area contributed by atoms with Crippen LogP contribution in [0.4, 0.5) is 0 Å². The Hall–Kier alpha value is -2.70. The van der Waals surface area contributed by atoms with Gasteiger partial charge in [0.05, 0.1) is 12.8 Å². The third-order valence-corrected chi connectivity index (χ3v) is 1.82. The van der Waals surface area contributed by atoms with Crippen LogP contribution in [0.3, 0.4) is 0 Å². The van der Waals surface area contributed by atoms with Crippen molar-refractivity contribution in [3.8, 4) is 0 Å². The van der Waals surface area contributed by atoms with Gasteiger partial charge in [0.2, 0.25) is 5.96 Å². The largest absolute Gasteiger partial charge is 0.386 e. The van der Waals surface area contributed by atoms with Gasteiger partial charge in [-0.15, -0.1) is 5.10 Å². The maximum Gasteiger partial charge on any atom is 0.211 e. The van der Waals surface area contributed by atoms with E-state index in [1.54, 1.807) is 6.21 Å². The number of benzene rings is 1. The molecule has 7 N–H and O–H groups in total. The number of nitrogens with zero attached hydrogens (tertiary/aromatic N) is 3. The van der Waals surface area contributed by atoms with Gasteiger partial charge in [0.25, 0.3) is 0 Å². The smallest absolute Gasteiger partial charge is 0.211 e. The molecule has 7 nitrogen and oxygen atoms in total. The molecule has 0 fully saturated rings. The van der Waals surface area contributed by atoms with Crippen molar-refractivity contribution in [2.45, 2.75) is 0 Å². The van der Waals surface area contributed by atoms with E-state index in [0.29, 0.717) is 0 Å². The van der Waals surface area contributed by atoms with Gasteiger partial charge in [-0.3, -0.25) is 10.4 Å². The molecule has 0 atom stereocenters. The summed E-state index contributed by atoms with van der Waals surface area (Å²) < 4.78 is 0. The van der Waals surface area contributed by atoms with Gasteiger partial charge in [-0.05, 0) is 11.1 Å². The first-order valence-corrected chi connectivity index (χ1v) is 5.12. The summed E-state index contributed by atoms with van der Waals surface area (Å²) in [4.78, 5) is 3.99. The molecule has 7 heteroatoms. The monoisotopic (exact) mass is 245 g/mol. The van der Waals surface area contributed by atoms with Crippen LogP contribution in [0.15, 0.2) is 39.5 Å². The number of hydrogen-bond acceptors (Lipinski definition) is 4. The van der Waals surface area contributed by atoms with Gasteiger partial charge in [-0.25, -0.2) is 0 Å². The lowest BCUT2D eigenvalue weighted by atomic mass is 10.2. The van der Waals surface area contributed by atoms with Crippen LogP contribution in [-0.2, 0) is 0 Å². The molecular weight excluding hydrogens is 230 g/mol. The fraction of sp³-hybridized carbons (Fsp3) is 0.0909. The Labute approximate surface area is 105 Å². The molecule has 0 aliphatic heterocycles. The van der Waals surface area contributed by atoms with Crippen LogP contribution in [0.5, 0.6) is 0 Å². The highest BCUT2D eigenvalue weighted by Crippen LogP contribution is 2.00. The normalized spacial score (nSPS) is 10.9. The van der Waals surface area contributed by atoms with Gasteiger partial charge in [-0.2, -0.15) is 5.10 Å². The van der Waals surface area contributed by atoms with E-state index < -0.39 is 0 Å². The summed E-state index contributed by atoms with van der Waals surface area (Å²) in [6.45, 7) is 0.202. The maximum absolute atomic E-state index is 7.02. The van der Waals surface area contributed by atoms with Crippen LogP contribution in [0.2, 0.25) is 0 Å². The molecule has 18 heavy (non-hydrogen) atoms. The summed E-state index contributed by atoms with van der Waals surface area (Å²) in [6.07, 6.45) is 3.19. The SMILES string of the molecule is N=C(N)CN=Cc1ccc(/C=N/N=C(N)N)cc1. The van der Waals surface area contributed by atoms with Gasteiger partial charge in [0, 0.05) is 6.21 Å². The zero-order chi connectivity index (χ0) is 13.4. The highest BCUT2D eigenvalue weighted by Gasteiger charge is 1.90. The predicted octanol–water partition coefficient (Wildman–Crippen LogP) is -0.351. The number of hydrogen-bond donors (Lipinski definition) is 4. The van der Waals surface area contributed by atoms with Crippen molar-refractivity contribution in [2.24, 2.45) is 32.4 Å². The summed E-state index contributed by atoms with van der Waals surface area (Å²) in [6, 6.07) is 7.42. The number of nitrogens with two attached hydrogens (primary N) is 3. The highest BCUT2D eigenvalue weighted by molar-refractivity contribution is 5.86. The number of rotatable bonds is 5. The number of guanidine groups is 1. The Bertz CT molecular complexity index is 481. The molecular formula is C11H15N7. The minimum absolute atomic E-state index is 0.0345. The lowest BCUT2D eigenvalue weighted by Gasteiger charge is -1.95. The van der Waals surface area contributed by atoms with Gasteiger partial charge >= 0.3 is 0 Å². The highest BCUT2D eigenvalue weighted by atomic mass is 15.3. The second-order valence-electron chi connectivity index (χ2n) is 3.43. The average Bonchev–Trinajstić information content (AvgIpc) is 2.30. The lowest BCUT2D eigenvalue weighted by Crippen LogP contribution is -2.21. The Morgan fingerprint density at radius 2 is 1.61 bits per heavy atom. The van der Waals surface area contributed by atoms with Crippen LogP contribution in [0, 0.1) is 5.41 Å². The fourth-order valence-corrected chi connectivity index (χ4v) is 1.08. The molecule has 0 aliphatic carbocycles. The molecule has 0 radical (unpaired) electrons. The van der Waals surface area contributed by atoms with Gasteiger partial charge in [0.1, 0.15) is 5.84 Å². The summed E-state index contributed by atoms with van der Waals surface area (Å²) >= 11 is 0. The molecule has 0 saturated carbocycles. The van der Waals surface area contributed by atoms with Crippen LogP contribution in [0.25, 0.3) is 0 Å². The number of nitrogens with one attached hydrogen (secondary N) is 1. The molecule has 0 unspecified atom stereocenters. The molecule has 1 aromatic rings. The van der Waals surface area contributed by atoms with Crippen molar-refractivity contribution in [2.75, 3.05) is 6.54 Å². The van der Waals surface area contributed by atoms with Crippen molar-refractivity contribution < 1.29 is 0 Å². The van der Waals surface area contributed by atoms with Crippen LogP contribution >= 0.6 is 0 Å². The third kappa shape index (κ3) is 5.40. The van der Waals surface area contributed by atoms with Crippen LogP contribution in [0.1, 0.15) is 11.1 Å². The lowest BCUT2D eigenvalue weighted by molar-refractivity contribution is 1.21. The Balaban J connectivity index is 2.63. The van der Waals surface area contributed by atoms with Crippen LogP contribution < -0.4 is 17.2 Å². The fourth-order valence-electron chi connectivity index (χ4n) is 1.08. The minimum Gasteiger partial charge on any atom is -0.386 e. The van der Waals surface area contributed by atoms with Crippen molar-refractivity contribution in [3.05, 3.63) is 35.4 Å². The molecule has 0 aliphatic rings. The first kappa shape index (κ1) is 13.4. The topological polar surface area (TPSA) is 139 Å². The van der Waals surface area contributed by atoms with E-state index in [0.717, 1.165) is 11.1 Å². The molecule has 0 saturated heterocycles. The van der Waals surface area contributed by atoms with Gasteiger partial charge in [-0.1, -0.05) is 24.3 Å². The average molecular weight is 245 g/mol. The molecule has 0 aromatic heterocycles. The molecule has 94 valence electrons. The van der Waals surface area contributed by atoms with E-state index in [2.05, 4.69) is 15.2 Å². The molecule has 0 bridgehead atoms. The number of aliphatic imine (C=N–C) groups is 1. The Morgan fingerprint density at radius 3 is 2.11 bits per heavy atom. The molecule has 0 heterocycles. The molecule has 1 aromatic carbocycles. The Morgan fingerprint density at radius 1 is 1.06 bits per heavy atom. The van der Waals surface area contributed by atoms with Crippen molar-refractivity contribution in [1.29, 1.82) is 5.41 Å². The van der Waals surface area contributed by atoms with Crippen molar-refractivity contribution in [3.63, 3.8) is 0 Å². The zero-order valence-electron chi connectivity index (χ0n) is 9.74. The van der Waals surface area contributed by atoms with E-state index in [1.807, 2.05) is 24.3 Å². The van der Waals surface area contributed by atoms with Crippen molar-refractivity contribution in [1.82, 2.24) is 0 Å². The zero-order valence-corrected chi connectivity index (χ0v) is 9.74. The van der Waals surface area contributed by atoms with E-state index in [1.165, 1.54) is 6.21 Å². The minimum atomic E-state index is -0.0840. The summed E-state index contributed by atoms with van der Waals surface area (Å²) in [5.41, 5.74) is 17.2. The second-order valence-corrected chi connectivity index (χ2v) is 3.43. The first-order chi connectivity index (χ1) is 8.58. The van der Waals surface area contributed by atoms with E-state index >= 15 is 0 Å². The third-order valence-electron chi connectivity index (χ3n) is 1.82. The number of amidine groups is 1. The predicted molar refractivity (Wildman–Crippen MR) is 74.2 cm³/mol.